The van der Waals surface area contributed by atoms with Crippen LogP contribution in [0.15, 0.2) is 28.2 Å². The highest BCUT2D eigenvalue weighted by molar-refractivity contribution is 7.99. The molecule has 13 heavy (non-hydrogen) atoms. The van der Waals surface area contributed by atoms with Crippen LogP contribution in [0.25, 0.3) is 0 Å². The van der Waals surface area contributed by atoms with Gasteiger partial charge in [-0.25, -0.2) is 4.40 Å². The van der Waals surface area contributed by atoms with Crippen LogP contribution in [0.2, 0.25) is 0 Å². The highest BCUT2D eigenvalue weighted by Crippen LogP contribution is 2.39. The predicted octanol–water partition coefficient (Wildman–Crippen LogP) is 3.25. The fourth-order valence-corrected chi connectivity index (χ4v) is 3.05. The maximum Gasteiger partial charge on any atom is 0.0591 e. The summed E-state index contributed by atoms with van der Waals surface area (Å²) in [7, 11) is 0. The Morgan fingerprint density at radius 3 is 2.92 bits per heavy atom. The Balaban J connectivity index is 2.24. The van der Waals surface area contributed by atoms with E-state index in [1.54, 1.807) is 11.9 Å². The zero-order valence-electron chi connectivity index (χ0n) is 8.32. The molecule has 2 aliphatic rings. The minimum Gasteiger partial charge on any atom is -0.224 e. The number of hydrogen-bond acceptors (Lipinski definition) is 2. The maximum absolute atomic E-state index is 4.57. The first kappa shape index (κ1) is 9.07. The van der Waals surface area contributed by atoms with Gasteiger partial charge in [-0.05, 0) is 24.8 Å². The van der Waals surface area contributed by atoms with E-state index in [-0.39, 0.29) is 0 Å². The van der Waals surface area contributed by atoms with Gasteiger partial charge < -0.3 is 0 Å². The quantitative estimate of drug-likeness (QED) is 0.582. The van der Waals surface area contributed by atoms with Gasteiger partial charge in [-0.3, -0.25) is 0 Å². The van der Waals surface area contributed by atoms with Crippen LogP contribution in [0, 0.1) is 11.8 Å². The molecule has 0 amide bonds. The first-order valence-corrected chi connectivity index (χ1v) is 5.62. The molecule has 0 fully saturated rings. The van der Waals surface area contributed by atoms with Crippen LogP contribution < -0.4 is 0 Å². The van der Waals surface area contributed by atoms with Crippen LogP contribution >= 0.6 is 11.9 Å². The van der Waals surface area contributed by atoms with Crippen LogP contribution in [-0.4, -0.2) is 11.0 Å². The summed E-state index contributed by atoms with van der Waals surface area (Å²) < 4.78 is 4.57. The van der Waals surface area contributed by atoms with E-state index in [0.29, 0.717) is 17.1 Å². The third-order valence-electron chi connectivity index (χ3n) is 2.66. The number of rotatable bonds is 1. The van der Waals surface area contributed by atoms with E-state index in [4.69, 9.17) is 0 Å². The lowest BCUT2D eigenvalue weighted by atomic mass is 9.86. The van der Waals surface area contributed by atoms with Gasteiger partial charge in [0.15, 0.2) is 0 Å². The van der Waals surface area contributed by atoms with E-state index in [0.717, 1.165) is 0 Å². The predicted molar refractivity (Wildman–Crippen MR) is 60.0 cm³/mol. The summed E-state index contributed by atoms with van der Waals surface area (Å²) >= 11 is 1.74. The lowest BCUT2D eigenvalue weighted by molar-refractivity contribution is 0.772. The highest BCUT2D eigenvalue weighted by atomic mass is 32.2. The van der Waals surface area contributed by atoms with E-state index in [1.165, 1.54) is 11.3 Å². The molecule has 0 radical (unpaired) electrons. The number of hydrogen-bond donors (Lipinski definition) is 0. The van der Waals surface area contributed by atoms with E-state index in [9.17, 15) is 0 Å². The van der Waals surface area contributed by atoms with Gasteiger partial charge in [-0.1, -0.05) is 37.6 Å². The Kier molecular flexibility index (Phi) is 2.33. The Hall–Kier alpha value is -0.500. The molecular weight excluding hydrogens is 178 g/mol. The van der Waals surface area contributed by atoms with Gasteiger partial charge >= 0.3 is 0 Å². The largest absolute Gasteiger partial charge is 0.224 e. The second-order valence-corrected chi connectivity index (χ2v) is 4.92. The van der Waals surface area contributed by atoms with Crippen molar-refractivity contribution in [3.63, 3.8) is 0 Å². The average Bonchev–Trinajstić information content (AvgIpc) is 2.48. The molecule has 0 spiro atoms. The van der Waals surface area contributed by atoms with Crippen molar-refractivity contribution in [2.75, 3.05) is 0 Å². The van der Waals surface area contributed by atoms with Crippen molar-refractivity contribution >= 4 is 17.7 Å². The molecule has 2 rings (SSSR count). The van der Waals surface area contributed by atoms with Gasteiger partial charge in [0.2, 0.25) is 0 Å². The molecule has 1 nitrogen and oxygen atoms in total. The van der Waals surface area contributed by atoms with Gasteiger partial charge in [0.1, 0.15) is 0 Å². The molecule has 70 valence electrons. The minimum absolute atomic E-state index is 0.565. The summed E-state index contributed by atoms with van der Waals surface area (Å²) in [5.74, 6) is 1.15. The number of fused-ring (bicyclic) bond motifs is 1. The van der Waals surface area contributed by atoms with E-state index < -0.39 is 0 Å². The Bertz CT molecular complexity index is 299. The smallest absolute Gasteiger partial charge is 0.0591 e. The molecule has 1 aliphatic carbocycles. The molecule has 1 aliphatic heterocycles. The second-order valence-electron chi connectivity index (χ2n) is 4.02. The number of allylic oxidation sites excluding steroid dienone is 3. The Morgan fingerprint density at radius 2 is 2.23 bits per heavy atom. The SMILES string of the molecule is CC1=CC=CC2C(C(C)C)=NSC12. The first-order valence-electron chi connectivity index (χ1n) is 4.78. The lowest BCUT2D eigenvalue weighted by Gasteiger charge is -2.21. The molecular formula is C11H15NS. The summed E-state index contributed by atoms with van der Waals surface area (Å²) in [5.41, 5.74) is 2.82. The number of nitrogens with zero attached hydrogens (tertiary/aromatic N) is 1. The van der Waals surface area contributed by atoms with Crippen molar-refractivity contribution in [3.05, 3.63) is 23.8 Å². The second kappa shape index (κ2) is 3.33. The van der Waals surface area contributed by atoms with E-state index >= 15 is 0 Å². The van der Waals surface area contributed by atoms with Crippen LogP contribution in [0.3, 0.4) is 0 Å². The molecule has 0 bridgehead atoms. The molecule has 0 saturated heterocycles. The van der Waals surface area contributed by atoms with Gasteiger partial charge in [0, 0.05) is 11.6 Å². The van der Waals surface area contributed by atoms with Crippen LogP contribution in [0.4, 0.5) is 0 Å². The van der Waals surface area contributed by atoms with Crippen molar-refractivity contribution in [1.82, 2.24) is 0 Å². The summed E-state index contributed by atoms with van der Waals surface area (Å²) in [6, 6.07) is 0. The molecule has 2 unspecified atom stereocenters. The van der Waals surface area contributed by atoms with Crippen molar-refractivity contribution in [2.24, 2.45) is 16.2 Å². The van der Waals surface area contributed by atoms with E-state index in [1.807, 2.05) is 0 Å². The monoisotopic (exact) mass is 193 g/mol. The highest BCUT2D eigenvalue weighted by Gasteiger charge is 2.34. The zero-order chi connectivity index (χ0) is 9.42. The van der Waals surface area contributed by atoms with Crippen molar-refractivity contribution in [1.29, 1.82) is 0 Å². The fourth-order valence-electron chi connectivity index (χ4n) is 1.88. The third kappa shape index (κ3) is 1.48. The van der Waals surface area contributed by atoms with Gasteiger partial charge in [-0.15, -0.1) is 0 Å². The molecule has 2 heteroatoms. The Morgan fingerprint density at radius 1 is 1.46 bits per heavy atom. The van der Waals surface area contributed by atoms with Gasteiger partial charge in [0.05, 0.1) is 5.25 Å². The van der Waals surface area contributed by atoms with Crippen LogP contribution in [0.5, 0.6) is 0 Å². The van der Waals surface area contributed by atoms with Gasteiger partial charge in [-0.2, -0.15) is 0 Å². The standard InChI is InChI=1S/C11H15NS/c1-7(2)10-9-6-4-5-8(3)11(9)13-12-10/h4-7,9,11H,1-3H3. The molecule has 0 aromatic carbocycles. The normalized spacial score (nSPS) is 31.7. The molecule has 2 atom stereocenters. The van der Waals surface area contributed by atoms with Crippen molar-refractivity contribution in [3.8, 4) is 0 Å². The van der Waals surface area contributed by atoms with Crippen molar-refractivity contribution in [2.45, 2.75) is 26.0 Å². The molecule has 0 N–H and O–H groups in total. The average molecular weight is 193 g/mol. The molecule has 0 aromatic heterocycles. The van der Waals surface area contributed by atoms with E-state index in [2.05, 4.69) is 43.4 Å². The molecule has 1 heterocycles. The third-order valence-corrected chi connectivity index (χ3v) is 3.87. The summed E-state index contributed by atoms with van der Waals surface area (Å²) in [4.78, 5) is 0. The van der Waals surface area contributed by atoms with Crippen LogP contribution in [-0.2, 0) is 0 Å². The first-order chi connectivity index (χ1) is 6.20. The topological polar surface area (TPSA) is 12.4 Å². The molecule has 0 aromatic rings. The van der Waals surface area contributed by atoms with Gasteiger partial charge in [0.25, 0.3) is 0 Å². The van der Waals surface area contributed by atoms with Crippen LogP contribution in [0.1, 0.15) is 20.8 Å². The minimum atomic E-state index is 0.565. The summed E-state index contributed by atoms with van der Waals surface area (Å²) in [6.45, 7) is 6.65. The summed E-state index contributed by atoms with van der Waals surface area (Å²) in [6.07, 6.45) is 6.66. The summed E-state index contributed by atoms with van der Waals surface area (Å²) in [5, 5.41) is 0.586. The maximum atomic E-state index is 4.57. The fraction of sp³-hybridized carbons (Fsp3) is 0.545. The Labute approximate surface area is 84.2 Å². The lowest BCUT2D eigenvalue weighted by Crippen LogP contribution is -2.24. The van der Waals surface area contributed by atoms with Crippen molar-refractivity contribution < 1.29 is 0 Å². The zero-order valence-corrected chi connectivity index (χ0v) is 9.14. The molecule has 0 saturated carbocycles.